The highest BCUT2D eigenvalue weighted by Gasteiger charge is 2.14. The standard InChI is InChI=1S/C17H13BrClN3OS/c1-9-3-4-11(5-10(9)2)14-8-24-17(21-14)22-16(23)13-6-12(18)7-20-15(13)19/h3-8H,1-2H3,(H,21,22,23). The van der Waals surface area contributed by atoms with Crippen molar-refractivity contribution in [1.82, 2.24) is 9.97 Å². The van der Waals surface area contributed by atoms with E-state index in [0.717, 1.165) is 11.3 Å². The largest absolute Gasteiger partial charge is 0.298 e. The Balaban J connectivity index is 1.82. The van der Waals surface area contributed by atoms with Gasteiger partial charge in [-0.3, -0.25) is 10.1 Å². The Morgan fingerprint density at radius 2 is 2.04 bits per heavy atom. The summed E-state index contributed by atoms with van der Waals surface area (Å²) in [6.45, 7) is 4.14. The molecule has 2 heterocycles. The lowest BCUT2D eigenvalue weighted by Gasteiger charge is -2.04. The maximum absolute atomic E-state index is 12.3. The molecule has 0 spiro atoms. The molecule has 0 aliphatic heterocycles. The highest BCUT2D eigenvalue weighted by molar-refractivity contribution is 9.10. The van der Waals surface area contributed by atoms with Crippen LogP contribution in [0.25, 0.3) is 11.3 Å². The van der Waals surface area contributed by atoms with E-state index in [1.807, 2.05) is 11.4 Å². The summed E-state index contributed by atoms with van der Waals surface area (Å²) < 4.78 is 0.687. The van der Waals surface area contributed by atoms with E-state index in [1.165, 1.54) is 22.5 Å². The van der Waals surface area contributed by atoms with Crippen LogP contribution in [0.3, 0.4) is 0 Å². The number of benzene rings is 1. The van der Waals surface area contributed by atoms with Gasteiger partial charge >= 0.3 is 0 Å². The van der Waals surface area contributed by atoms with Crippen molar-refractivity contribution >= 4 is 49.9 Å². The summed E-state index contributed by atoms with van der Waals surface area (Å²) in [6, 6.07) is 7.81. The van der Waals surface area contributed by atoms with Crippen molar-refractivity contribution in [2.45, 2.75) is 13.8 Å². The number of anilines is 1. The van der Waals surface area contributed by atoms with Crippen LogP contribution in [-0.2, 0) is 0 Å². The van der Waals surface area contributed by atoms with Gasteiger partial charge in [-0.1, -0.05) is 23.7 Å². The van der Waals surface area contributed by atoms with Gasteiger partial charge in [0, 0.05) is 21.6 Å². The zero-order valence-electron chi connectivity index (χ0n) is 12.9. The lowest BCUT2D eigenvalue weighted by atomic mass is 10.1. The number of amides is 1. The number of hydrogen-bond acceptors (Lipinski definition) is 4. The quantitative estimate of drug-likeness (QED) is 0.568. The average molecular weight is 423 g/mol. The topological polar surface area (TPSA) is 54.9 Å². The molecule has 122 valence electrons. The molecule has 0 saturated heterocycles. The number of hydrogen-bond donors (Lipinski definition) is 1. The van der Waals surface area contributed by atoms with Gasteiger partial charge in [-0.15, -0.1) is 11.3 Å². The number of aromatic nitrogens is 2. The molecule has 24 heavy (non-hydrogen) atoms. The molecule has 1 amide bonds. The molecular weight excluding hydrogens is 410 g/mol. The van der Waals surface area contributed by atoms with Crippen molar-refractivity contribution in [3.8, 4) is 11.3 Å². The van der Waals surface area contributed by atoms with Gasteiger partial charge in [-0.05, 0) is 53.0 Å². The molecule has 0 fully saturated rings. The van der Waals surface area contributed by atoms with E-state index >= 15 is 0 Å². The molecular formula is C17H13BrClN3OS. The molecule has 0 atom stereocenters. The maximum atomic E-state index is 12.3. The summed E-state index contributed by atoms with van der Waals surface area (Å²) in [5.41, 5.74) is 4.60. The van der Waals surface area contributed by atoms with Gasteiger partial charge < -0.3 is 0 Å². The molecule has 4 nitrogen and oxygen atoms in total. The maximum Gasteiger partial charge on any atom is 0.260 e. The van der Waals surface area contributed by atoms with E-state index in [4.69, 9.17) is 11.6 Å². The molecule has 2 aromatic heterocycles. The van der Waals surface area contributed by atoms with Crippen LogP contribution in [0.2, 0.25) is 5.15 Å². The third-order valence-corrected chi connectivity index (χ3v) is 5.07. The minimum atomic E-state index is -0.338. The van der Waals surface area contributed by atoms with Crippen LogP contribution in [0.5, 0.6) is 0 Å². The lowest BCUT2D eigenvalue weighted by Crippen LogP contribution is -2.12. The highest BCUT2D eigenvalue weighted by Crippen LogP contribution is 2.27. The van der Waals surface area contributed by atoms with Gasteiger partial charge in [-0.25, -0.2) is 9.97 Å². The highest BCUT2D eigenvalue weighted by atomic mass is 79.9. The van der Waals surface area contributed by atoms with Gasteiger partial charge in [0.25, 0.3) is 5.91 Å². The second-order valence-electron chi connectivity index (χ2n) is 5.28. The minimum Gasteiger partial charge on any atom is -0.298 e. The molecule has 0 bridgehead atoms. The van der Waals surface area contributed by atoms with Crippen molar-refractivity contribution in [2.24, 2.45) is 0 Å². The lowest BCUT2D eigenvalue weighted by molar-refractivity contribution is 0.102. The molecule has 7 heteroatoms. The monoisotopic (exact) mass is 421 g/mol. The van der Waals surface area contributed by atoms with Crippen molar-refractivity contribution in [1.29, 1.82) is 0 Å². The fourth-order valence-electron chi connectivity index (χ4n) is 2.11. The van der Waals surface area contributed by atoms with Gasteiger partial charge in [0.05, 0.1) is 11.3 Å². The second-order valence-corrected chi connectivity index (χ2v) is 7.41. The molecule has 0 unspecified atom stereocenters. The summed E-state index contributed by atoms with van der Waals surface area (Å²) >= 11 is 10.6. The van der Waals surface area contributed by atoms with E-state index in [-0.39, 0.29) is 11.1 Å². The number of pyridine rings is 1. The first-order valence-electron chi connectivity index (χ1n) is 7.09. The van der Waals surface area contributed by atoms with E-state index in [0.29, 0.717) is 15.2 Å². The average Bonchev–Trinajstić information content (AvgIpc) is 3.00. The van der Waals surface area contributed by atoms with Crippen LogP contribution >= 0.6 is 38.9 Å². The van der Waals surface area contributed by atoms with Gasteiger partial charge in [0.2, 0.25) is 0 Å². The van der Waals surface area contributed by atoms with E-state index in [9.17, 15) is 4.79 Å². The Hall–Kier alpha value is -1.76. The summed E-state index contributed by atoms with van der Waals surface area (Å²) in [5.74, 6) is -0.338. The number of halogens is 2. The van der Waals surface area contributed by atoms with Crippen LogP contribution in [0, 0.1) is 13.8 Å². The number of thiazole rings is 1. The number of nitrogens with one attached hydrogen (secondary N) is 1. The molecule has 0 radical (unpaired) electrons. The van der Waals surface area contributed by atoms with Crippen LogP contribution in [0.15, 0.2) is 40.3 Å². The number of aryl methyl sites for hydroxylation is 2. The number of carbonyl (C=O) groups excluding carboxylic acids is 1. The third-order valence-electron chi connectivity index (χ3n) is 3.58. The molecule has 0 aliphatic rings. The molecule has 3 rings (SSSR count). The predicted octanol–water partition coefficient (Wildman–Crippen LogP) is 5.49. The van der Waals surface area contributed by atoms with Gasteiger partial charge in [-0.2, -0.15) is 0 Å². The zero-order chi connectivity index (χ0) is 17.3. The van der Waals surface area contributed by atoms with E-state index < -0.39 is 0 Å². The van der Waals surface area contributed by atoms with Crippen LogP contribution in [0.1, 0.15) is 21.5 Å². The van der Waals surface area contributed by atoms with Crippen molar-refractivity contribution in [3.05, 3.63) is 62.2 Å². The number of nitrogens with zero attached hydrogens (tertiary/aromatic N) is 2. The Morgan fingerprint density at radius 3 is 2.79 bits per heavy atom. The smallest absolute Gasteiger partial charge is 0.260 e. The van der Waals surface area contributed by atoms with Crippen molar-refractivity contribution in [2.75, 3.05) is 5.32 Å². The van der Waals surface area contributed by atoms with E-state index in [2.05, 4.69) is 57.2 Å². The van der Waals surface area contributed by atoms with Crippen molar-refractivity contribution < 1.29 is 4.79 Å². The fourth-order valence-corrected chi connectivity index (χ4v) is 3.35. The first-order chi connectivity index (χ1) is 11.4. The zero-order valence-corrected chi connectivity index (χ0v) is 16.1. The molecule has 1 aromatic carbocycles. The van der Waals surface area contributed by atoms with Crippen molar-refractivity contribution in [3.63, 3.8) is 0 Å². The molecule has 1 N–H and O–H groups in total. The second kappa shape index (κ2) is 7.01. The third kappa shape index (κ3) is 3.66. The van der Waals surface area contributed by atoms with Gasteiger partial charge in [0.1, 0.15) is 5.15 Å². The Morgan fingerprint density at radius 1 is 1.25 bits per heavy atom. The Labute approximate surface area is 157 Å². The van der Waals surface area contributed by atoms with Crippen LogP contribution < -0.4 is 5.32 Å². The van der Waals surface area contributed by atoms with E-state index in [1.54, 1.807) is 12.3 Å². The Kier molecular flexibility index (Phi) is 4.99. The first kappa shape index (κ1) is 17.1. The Bertz CT molecular complexity index is 926. The fraction of sp³-hybridized carbons (Fsp3) is 0.118. The van der Waals surface area contributed by atoms with Gasteiger partial charge in [0.15, 0.2) is 5.13 Å². The van der Waals surface area contributed by atoms with Crippen LogP contribution in [-0.4, -0.2) is 15.9 Å². The number of rotatable bonds is 3. The normalized spacial score (nSPS) is 10.7. The summed E-state index contributed by atoms with van der Waals surface area (Å²) in [4.78, 5) is 20.8. The summed E-state index contributed by atoms with van der Waals surface area (Å²) in [7, 11) is 0. The summed E-state index contributed by atoms with van der Waals surface area (Å²) in [5, 5.41) is 5.35. The number of carbonyl (C=O) groups is 1. The molecule has 0 saturated carbocycles. The summed E-state index contributed by atoms with van der Waals surface area (Å²) in [6.07, 6.45) is 1.54. The van der Waals surface area contributed by atoms with Crippen LogP contribution in [0.4, 0.5) is 5.13 Å². The minimum absolute atomic E-state index is 0.154. The first-order valence-corrected chi connectivity index (χ1v) is 9.14. The predicted molar refractivity (Wildman–Crippen MR) is 102 cm³/mol. The molecule has 3 aromatic rings. The SMILES string of the molecule is Cc1ccc(-c2csc(NC(=O)c3cc(Br)cnc3Cl)n2)cc1C. The molecule has 0 aliphatic carbocycles.